The van der Waals surface area contributed by atoms with Crippen LogP contribution in [0, 0.1) is 41.4 Å². The molecule has 5 aromatic rings. The van der Waals surface area contributed by atoms with E-state index in [1.807, 2.05) is 13.8 Å². The largest absolute Gasteiger partial charge is 0.508 e. The van der Waals surface area contributed by atoms with Crippen molar-refractivity contribution in [3.8, 4) is 57.1 Å². The summed E-state index contributed by atoms with van der Waals surface area (Å²) in [5.74, 6) is -14.8. The first-order valence-electron chi connectivity index (χ1n) is 37.4. The number of aromatic hydroxyl groups is 3. The third-order valence-corrected chi connectivity index (χ3v) is 23.9. The van der Waals surface area contributed by atoms with Gasteiger partial charge in [-0.3, -0.25) is 38.4 Å². The highest BCUT2D eigenvalue weighted by atomic mass is 35.5. The number of phenolic OH excluding ortho intramolecular Hbond substituents is 3. The van der Waals surface area contributed by atoms with Crippen LogP contribution in [0.1, 0.15) is 156 Å². The molecule has 15 bridgehead atoms. The lowest BCUT2D eigenvalue weighted by Gasteiger charge is -2.54. The van der Waals surface area contributed by atoms with Crippen molar-refractivity contribution in [2.24, 2.45) is 52.9 Å². The summed E-state index contributed by atoms with van der Waals surface area (Å²) in [5.41, 5.74) is 9.56. The van der Waals surface area contributed by atoms with E-state index >= 15 is 28.8 Å². The minimum Gasteiger partial charge on any atom is -0.508 e. The van der Waals surface area contributed by atoms with Crippen LogP contribution in [-0.4, -0.2) is 179 Å². The minimum absolute atomic E-state index is 0.0636. The van der Waals surface area contributed by atoms with Gasteiger partial charge in [0.2, 0.25) is 41.6 Å². The Labute approximate surface area is 648 Å². The van der Waals surface area contributed by atoms with E-state index in [1.54, 1.807) is 0 Å². The number of hydrogen-bond acceptors (Lipinski definition) is 25. The van der Waals surface area contributed by atoms with Crippen LogP contribution in [0.15, 0.2) is 78.9 Å². The fourth-order valence-electron chi connectivity index (χ4n) is 17.8. The van der Waals surface area contributed by atoms with Gasteiger partial charge in [0.05, 0.1) is 46.7 Å². The predicted octanol–water partition coefficient (Wildman–Crippen LogP) is 5.03. The van der Waals surface area contributed by atoms with E-state index in [4.69, 9.17) is 63.1 Å². The molecule has 596 valence electrons. The van der Waals surface area contributed by atoms with Crippen LogP contribution in [0.5, 0.6) is 46.0 Å². The van der Waals surface area contributed by atoms with Gasteiger partial charge in [-0.2, -0.15) is 0 Å². The molecule has 32 heteroatoms. The average molecular weight is 1580 g/mol. The lowest BCUT2D eigenvalue weighted by Crippen LogP contribution is -2.64. The van der Waals surface area contributed by atoms with Gasteiger partial charge in [0.15, 0.2) is 41.2 Å². The van der Waals surface area contributed by atoms with Gasteiger partial charge in [-0.1, -0.05) is 55.2 Å². The predicted molar refractivity (Wildman–Crippen MR) is 394 cm³/mol. The van der Waals surface area contributed by atoms with Gasteiger partial charge >= 0.3 is 0 Å². The highest BCUT2D eigenvalue weighted by Gasteiger charge is 2.53. The number of halogens is 2. The number of ether oxygens (including phenoxy) is 6. The number of nitrogens with two attached hydrogens (primary N) is 2. The van der Waals surface area contributed by atoms with E-state index in [-0.39, 0.29) is 103 Å². The first-order valence-corrected chi connectivity index (χ1v) is 38.1. The Bertz CT molecular complexity index is 4440. The zero-order valence-corrected chi connectivity index (χ0v) is 62.9. The molecule has 16 rings (SSSR count). The van der Waals surface area contributed by atoms with Crippen molar-refractivity contribution in [1.29, 1.82) is 0 Å². The second-order valence-corrected chi connectivity index (χ2v) is 32.5. The molecule has 0 aromatic heterocycles. The summed E-state index contributed by atoms with van der Waals surface area (Å²) >= 11 is 14.4. The molecule has 7 heterocycles. The number of rotatable bonds is 15. The maximum Gasteiger partial charge on any atom is 0.246 e. The van der Waals surface area contributed by atoms with Gasteiger partial charge in [-0.25, -0.2) is 0 Å². The fourth-order valence-corrected chi connectivity index (χ4v) is 18.3. The Morgan fingerprint density at radius 3 is 1.93 bits per heavy atom. The van der Waals surface area contributed by atoms with Gasteiger partial charge < -0.3 is 112 Å². The van der Waals surface area contributed by atoms with Gasteiger partial charge in [0.25, 0.3) is 0 Å². The maximum atomic E-state index is 16.4. The third-order valence-electron chi connectivity index (χ3n) is 23.3. The van der Waals surface area contributed by atoms with Crippen molar-refractivity contribution in [1.82, 2.24) is 26.6 Å². The van der Waals surface area contributed by atoms with Crippen molar-refractivity contribution < 1.29 is 113 Å². The van der Waals surface area contributed by atoms with Crippen LogP contribution in [0.25, 0.3) is 11.1 Å². The van der Waals surface area contributed by atoms with Gasteiger partial charge in [0.1, 0.15) is 83.4 Å². The Morgan fingerprint density at radius 2 is 1.33 bits per heavy atom. The molecule has 5 aromatic carbocycles. The standard InChI is InChI=1S/C79H93Cl2N7O23/c1-31(2)12-49(84-5)76(104)87-65-52(93)21-41(24-60(82)96)74(102)85-63-40-22-57(107-55-10-7-36(67(65)97)19-47(55)80)71(111-78-72(70(100)69(99)59(30-89)109-78)110-61-29-79(4,83)73(101)32(3)106-61)58(23-40)108-56-11-8-37(20-48(56)81)68(98)66-77(105)86-64(54(95)27-43-38-14-33-13-34(16-38)17-39(43)15-33)46-25-42(90)26-51(92)62(46)45-18-35(6-9-50(45)91)44(28-53(63)94)75(103)88-66/h6-11,18-20,22-23,25-26,31-34,38-39,41,43-44,49,59,61,63-70,72-73,78,84,89-92,97-101H,12-17,21,24,27-30,83H2,1-5H3,(H2,82,96)(H,85,102)(H,86,105)(H,87,104)(H,88,103)/t32?,33?,34?,38?,39?,41-,43?,44+,49+,59?,61?,63+,64-,65-,66+,67+,68+,69?,70?,72?,73?,78?,79?/m0/s1. The van der Waals surface area contributed by atoms with Crippen LogP contribution < -0.4 is 52.3 Å². The number of phenols is 3. The Kier molecular flexibility index (Phi) is 23.5. The second kappa shape index (κ2) is 32.5. The fraction of sp³-hybridized carbons (Fsp3) is 0.519. The summed E-state index contributed by atoms with van der Waals surface area (Å²) in [6.07, 6.45) is -15.2. The van der Waals surface area contributed by atoms with Crippen LogP contribution in [-0.2, 0) is 52.6 Å². The molecule has 9 unspecified atom stereocenters. The number of carbonyl (C=O) groups excluding carboxylic acids is 8. The average Bonchev–Trinajstić information content (AvgIpc) is 0.756. The Balaban J connectivity index is 1.01. The van der Waals surface area contributed by atoms with E-state index in [0.717, 1.165) is 62.4 Å². The molecular formula is C79H93Cl2N7O23. The van der Waals surface area contributed by atoms with E-state index in [1.165, 1.54) is 69.4 Å². The molecule has 0 radical (unpaired) electrons. The summed E-state index contributed by atoms with van der Waals surface area (Å²) < 4.78 is 38.9. The molecule has 11 aliphatic rings. The number of nitrogens with one attached hydrogen (secondary N) is 5. The topological polar surface area (TPSA) is 486 Å². The van der Waals surface area contributed by atoms with E-state index in [9.17, 15) is 55.5 Å². The summed E-state index contributed by atoms with van der Waals surface area (Å²) in [7, 11) is 1.51. The van der Waals surface area contributed by atoms with Crippen molar-refractivity contribution >= 4 is 70.1 Å². The number of amides is 5. The van der Waals surface area contributed by atoms with Crippen LogP contribution in [0.2, 0.25) is 10.0 Å². The quantitative estimate of drug-likeness (QED) is 0.0653. The second-order valence-electron chi connectivity index (χ2n) is 31.7. The van der Waals surface area contributed by atoms with Gasteiger partial charge in [-0.05, 0) is 177 Å². The van der Waals surface area contributed by atoms with E-state index < -0.39 is 216 Å². The van der Waals surface area contributed by atoms with Crippen LogP contribution in [0.3, 0.4) is 0 Å². The number of likely N-dealkylation sites (N-methyl/N-ethyl adjacent to an activating group) is 1. The minimum atomic E-state index is -2.17. The SMILES string of the molecule is CN[C@H](CC(C)C)C(=O)N[C@H]1C(=O)C[C@@H](CC(N)=O)C(=O)N[C@H]2C(=O)C[C@H]3C(=O)N[C@@H](C(=O)N[C@H](C(=O)CC4C5CC6CC(C5)CC4C6)c4cc(O)cc(O)c4-c4cc3ccc4O)[C@H](O)c3ccc(c(Cl)c3)Oc3cc2cc(c3OC2OC(CO)C(O)C(O)C2OC2CC(C)(N)C(O)C(C)O2)Oc2ccc(cc2Cl)[C@H]1O. The zero-order chi connectivity index (χ0) is 79.7. The molecule has 2 saturated heterocycles. The number of benzene rings is 5. The van der Waals surface area contributed by atoms with E-state index in [2.05, 4.69) is 26.6 Å². The molecule has 30 nitrogen and oxygen atoms in total. The number of carbonyl (C=O) groups is 8. The number of hydrogen-bond donors (Lipinski definition) is 16. The van der Waals surface area contributed by atoms with Crippen molar-refractivity contribution in [2.45, 2.75) is 201 Å². The summed E-state index contributed by atoms with van der Waals surface area (Å²) in [5, 5.41) is 119. The lowest BCUT2D eigenvalue weighted by atomic mass is 9.51. The lowest BCUT2D eigenvalue weighted by molar-refractivity contribution is -0.333. The molecule has 111 heavy (non-hydrogen) atoms. The number of fused-ring (bicyclic) bond motifs is 15. The van der Waals surface area contributed by atoms with Gasteiger partial charge in [0, 0.05) is 54.8 Å². The zero-order valence-electron chi connectivity index (χ0n) is 61.4. The third kappa shape index (κ3) is 16.6. The summed E-state index contributed by atoms with van der Waals surface area (Å²) in [6.45, 7) is 5.80. The molecular weight excluding hydrogens is 1490 g/mol. The summed E-state index contributed by atoms with van der Waals surface area (Å²) in [4.78, 5) is 122. The molecule has 18 N–H and O–H groups in total. The van der Waals surface area contributed by atoms with Gasteiger partial charge in [-0.15, -0.1) is 0 Å². The highest BCUT2D eigenvalue weighted by molar-refractivity contribution is 6.32. The number of Topliss-reactive ketones (excluding diaryl/α,β-unsaturated/α-hetero) is 3. The monoisotopic (exact) mass is 1580 g/mol. The van der Waals surface area contributed by atoms with Crippen molar-refractivity contribution in [3.05, 3.63) is 117 Å². The Hall–Kier alpha value is -8.60. The number of ketones is 3. The molecule has 18 atom stereocenters. The van der Waals surface area contributed by atoms with E-state index in [0.29, 0.717) is 11.8 Å². The summed E-state index contributed by atoms with van der Waals surface area (Å²) in [6, 6.07) is 6.46. The number of aliphatic hydroxyl groups excluding tert-OH is 6. The molecule has 4 saturated carbocycles. The first-order chi connectivity index (χ1) is 52.6. The van der Waals surface area contributed by atoms with Crippen LogP contribution in [0.4, 0.5) is 0 Å². The maximum absolute atomic E-state index is 16.4. The van der Waals surface area contributed by atoms with Crippen molar-refractivity contribution in [2.75, 3.05) is 13.7 Å². The van der Waals surface area contributed by atoms with Crippen molar-refractivity contribution in [3.63, 3.8) is 0 Å². The molecule has 5 amide bonds. The Morgan fingerprint density at radius 1 is 0.703 bits per heavy atom. The molecule has 6 fully saturated rings. The molecule has 0 spiro atoms. The smallest absolute Gasteiger partial charge is 0.246 e. The highest BCUT2D eigenvalue weighted by Crippen LogP contribution is 2.58. The number of primary amides is 1. The van der Waals surface area contributed by atoms with Crippen LogP contribution >= 0.6 is 23.2 Å². The molecule has 4 aliphatic carbocycles. The normalized spacial score (nSPS) is 33.0. The first kappa shape index (κ1) is 80.4. The number of aliphatic hydroxyl groups is 6. The molecule has 7 aliphatic heterocycles.